The van der Waals surface area contributed by atoms with Crippen molar-refractivity contribution in [3.05, 3.63) is 34.9 Å². The minimum atomic E-state index is -0.660. The van der Waals surface area contributed by atoms with E-state index in [-0.39, 0.29) is 17.1 Å². The van der Waals surface area contributed by atoms with E-state index in [0.717, 1.165) is 37.7 Å². The van der Waals surface area contributed by atoms with E-state index in [9.17, 15) is 14.7 Å². The van der Waals surface area contributed by atoms with E-state index in [1.807, 2.05) is 19.1 Å². The van der Waals surface area contributed by atoms with Crippen LogP contribution in [0.4, 0.5) is 0 Å². The fourth-order valence-corrected chi connectivity index (χ4v) is 4.97. The quantitative estimate of drug-likeness (QED) is 0.840. The van der Waals surface area contributed by atoms with Crippen LogP contribution in [0.25, 0.3) is 0 Å². The number of aryl methyl sites for hydroxylation is 1. The highest BCUT2D eigenvalue weighted by molar-refractivity contribution is 5.94. The largest absolute Gasteiger partial charge is 0.481 e. The molecule has 1 fully saturated rings. The van der Waals surface area contributed by atoms with Crippen molar-refractivity contribution in [2.24, 2.45) is 11.3 Å². The maximum Gasteiger partial charge on any atom is 0.309 e. The van der Waals surface area contributed by atoms with Crippen molar-refractivity contribution in [1.29, 1.82) is 0 Å². The number of hydrogen-bond acceptors (Lipinski definition) is 2. The van der Waals surface area contributed by atoms with E-state index in [0.29, 0.717) is 0 Å². The molecule has 2 aliphatic rings. The number of hydrogen-bond donors (Lipinski definition) is 1. The van der Waals surface area contributed by atoms with Gasteiger partial charge in [0.05, 0.1) is 5.41 Å². The number of rotatable bonds is 2. The Hall–Kier alpha value is -1.64. The van der Waals surface area contributed by atoms with Crippen molar-refractivity contribution in [2.75, 3.05) is 0 Å². The standard InChI is InChI=1S/C19H24O3/c1-12(20)13-5-7-15-14(11-13)6-8-16-18(15,2)9-4-10-19(16,3)17(21)22/h5,7,11,16H,4,6,8-10H2,1-3H3,(H,21,22). The summed E-state index contributed by atoms with van der Waals surface area (Å²) in [5.74, 6) is -0.400. The highest BCUT2D eigenvalue weighted by atomic mass is 16.4. The Labute approximate surface area is 131 Å². The monoisotopic (exact) mass is 300 g/mol. The molecule has 118 valence electrons. The number of carboxylic acid groups (broad SMARTS) is 1. The topological polar surface area (TPSA) is 54.4 Å². The maximum absolute atomic E-state index is 11.9. The van der Waals surface area contributed by atoms with Gasteiger partial charge in [-0.2, -0.15) is 0 Å². The zero-order chi connectivity index (χ0) is 16.1. The van der Waals surface area contributed by atoms with Gasteiger partial charge in [-0.15, -0.1) is 0 Å². The van der Waals surface area contributed by atoms with Crippen LogP contribution in [0.15, 0.2) is 18.2 Å². The second-order valence-electron chi connectivity index (χ2n) is 7.51. The molecule has 3 rings (SSSR count). The second kappa shape index (κ2) is 4.94. The first-order chi connectivity index (χ1) is 10.3. The molecule has 0 spiro atoms. The summed E-state index contributed by atoms with van der Waals surface area (Å²) in [7, 11) is 0. The van der Waals surface area contributed by atoms with E-state index in [1.165, 1.54) is 11.1 Å². The highest BCUT2D eigenvalue weighted by Gasteiger charge is 2.55. The van der Waals surface area contributed by atoms with Crippen LogP contribution in [-0.4, -0.2) is 16.9 Å². The van der Waals surface area contributed by atoms with Gasteiger partial charge in [0.1, 0.15) is 0 Å². The van der Waals surface area contributed by atoms with Gasteiger partial charge in [0, 0.05) is 5.56 Å². The van der Waals surface area contributed by atoms with Crippen molar-refractivity contribution >= 4 is 11.8 Å². The van der Waals surface area contributed by atoms with Gasteiger partial charge < -0.3 is 5.11 Å². The molecule has 3 atom stereocenters. The molecule has 3 unspecified atom stereocenters. The zero-order valence-corrected chi connectivity index (χ0v) is 13.6. The fourth-order valence-electron chi connectivity index (χ4n) is 4.97. The molecule has 3 nitrogen and oxygen atoms in total. The van der Waals surface area contributed by atoms with Gasteiger partial charge in [0.15, 0.2) is 5.78 Å². The van der Waals surface area contributed by atoms with Crippen LogP contribution in [-0.2, 0) is 16.6 Å². The molecule has 0 aromatic heterocycles. The SMILES string of the molecule is CC(=O)c1ccc2c(c1)CCC1C(C)(C(=O)O)CCCC21C. The number of Topliss-reactive ketones (excluding diaryl/α,β-unsaturated/α-hetero) is 1. The Bertz CT molecular complexity index is 648. The summed E-state index contributed by atoms with van der Waals surface area (Å²) in [5.41, 5.74) is 2.54. The minimum absolute atomic E-state index is 0.0890. The third kappa shape index (κ3) is 2.02. The van der Waals surface area contributed by atoms with Gasteiger partial charge in [-0.05, 0) is 68.1 Å². The lowest BCUT2D eigenvalue weighted by Crippen LogP contribution is -2.52. The van der Waals surface area contributed by atoms with Gasteiger partial charge in [0.2, 0.25) is 0 Å². The Morgan fingerprint density at radius 3 is 2.59 bits per heavy atom. The normalized spacial score (nSPS) is 33.7. The summed E-state index contributed by atoms with van der Waals surface area (Å²) in [6.07, 6.45) is 4.52. The lowest BCUT2D eigenvalue weighted by Gasteiger charge is -2.53. The van der Waals surface area contributed by atoms with Gasteiger partial charge in [-0.25, -0.2) is 0 Å². The lowest BCUT2D eigenvalue weighted by molar-refractivity contribution is -0.157. The van der Waals surface area contributed by atoms with Gasteiger partial charge in [-0.3, -0.25) is 9.59 Å². The molecule has 2 aliphatic carbocycles. The van der Waals surface area contributed by atoms with Gasteiger partial charge >= 0.3 is 5.97 Å². The zero-order valence-electron chi connectivity index (χ0n) is 13.6. The summed E-state index contributed by atoms with van der Waals surface area (Å²) >= 11 is 0. The van der Waals surface area contributed by atoms with Crippen LogP contribution >= 0.6 is 0 Å². The van der Waals surface area contributed by atoms with Crippen LogP contribution in [0.1, 0.15) is 67.9 Å². The molecule has 0 saturated heterocycles. The van der Waals surface area contributed by atoms with Crippen molar-refractivity contribution in [1.82, 2.24) is 0 Å². The number of benzene rings is 1. The molecule has 0 amide bonds. The van der Waals surface area contributed by atoms with Crippen LogP contribution in [0.5, 0.6) is 0 Å². The fraction of sp³-hybridized carbons (Fsp3) is 0.579. The molecule has 22 heavy (non-hydrogen) atoms. The third-order valence-corrected chi connectivity index (χ3v) is 6.25. The molecule has 1 aromatic carbocycles. The number of carbonyl (C=O) groups excluding carboxylic acids is 1. The average Bonchev–Trinajstić information content (AvgIpc) is 2.46. The van der Waals surface area contributed by atoms with Crippen molar-refractivity contribution in [2.45, 2.75) is 58.3 Å². The first-order valence-corrected chi connectivity index (χ1v) is 8.17. The first kappa shape index (κ1) is 15.3. The number of aliphatic carboxylic acids is 1. The Morgan fingerprint density at radius 2 is 1.95 bits per heavy atom. The van der Waals surface area contributed by atoms with Crippen LogP contribution in [0, 0.1) is 11.3 Å². The molecule has 0 aliphatic heterocycles. The Balaban J connectivity index is 2.09. The second-order valence-corrected chi connectivity index (χ2v) is 7.51. The van der Waals surface area contributed by atoms with Gasteiger partial charge in [-0.1, -0.05) is 25.5 Å². The molecular formula is C19H24O3. The number of carbonyl (C=O) groups is 2. The maximum atomic E-state index is 11.9. The molecule has 3 heteroatoms. The third-order valence-electron chi connectivity index (χ3n) is 6.25. The van der Waals surface area contributed by atoms with E-state index >= 15 is 0 Å². The van der Waals surface area contributed by atoms with Crippen LogP contribution in [0.3, 0.4) is 0 Å². The minimum Gasteiger partial charge on any atom is -0.481 e. The van der Waals surface area contributed by atoms with Crippen LogP contribution < -0.4 is 0 Å². The summed E-state index contributed by atoms with van der Waals surface area (Å²) in [4.78, 5) is 23.5. The molecule has 0 heterocycles. The van der Waals surface area contributed by atoms with Crippen molar-refractivity contribution in [3.8, 4) is 0 Å². The Kier molecular flexibility index (Phi) is 3.42. The van der Waals surface area contributed by atoms with Crippen molar-refractivity contribution < 1.29 is 14.7 Å². The average molecular weight is 300 g/mol. The van der Waals surface area contributed by atoms with E-state index in [1.54, 1.807) is 6.92 Å². The van der Waals surface area contributed by atoms with E-state index < -0.39 is 11.4 Å². The van der Waals surface area contributed by atoms with Crippen LogP contribution in [0.2, 0.25) is 0 Å². The summed E-state index contributed by atoms with van der Waals surface area (Å²) < 4.78 is 0. The number of fused-ring (bicyclic) bond motifs is 3. The van der Waals surface area contributed by atoms with E-state index in [2.05, 4.69) is 13.0 Å². The summed E-state index contributed by atoms with van der Waals surface area (Å²) in [6, 6.07) is 6.00. The molecule has 0 bridgehead atoms. The van der Waals surface area contributed by atoms with Gasteiger partial charge in [0.25, 0.3) is 0 Å². The molecule has 0 radical (unpaired) electrons. The summed E-state index contributed by atoms with van der Waals surface area (Å²) in [5, 5.41) is 9.77. The molecule has 1 aromatic rings. The lowest BCUT2D eigenvalue weighted by atomic mass is 9.50. The van der Waals surface area contributed by atoms with E-state index in [4.69, 9.17) is 0 Å². The molecule has 1 saturated carbocycles. The predicted molar refractivity (Wildman–Crippen MR) is 85.2 cm³/mol. The van der Waals surface area contributed by atoms with Crippen molar-refractivity contribution in [3.63, 3.8) is 0 Å². The summed E-state index contributed by atoms with van der Waals surface area (Å²) in [6.45, 7) is 5.74. The first-order valence-electron chi connectivity index (χ1n) is 8.17. The molecule has 1 N–H and O–H groups in total. The molecular weight excluding hydrogens is 276 g/mol. The predicted octanol–water partition coefficient (Wildman–Crippen LogP) is 3.98. The Morgan fingerprint density at radius 1 is 1.23 bits per heavy atom. The number of ketones is 1. The number of carboxylic acids is 1. The highest BCUT2D eigenvalue weighted by Crippen LogP contribution is 2.57. The smallest absolute Gasteiger partial charge is 0.309 e.